The Morgan fingerprint density at radius 1 is 1.13 bits per heavy atom. The zero-order valence-corrected chi connectivity index (χ0v) is 13.6. The largest absolute Gasteiger partial charge is 0.388 e. The number of nitrogens with zero attached hydrogens (tertiary/aromatic N) is 1. The molecule has 2 aromatic carbocycles. The van der Waals surface area contributed by atoms with E-state index >= 15 is 0 Å². The summed E-state index contributed by atoms with van der Waals surface area (Å²) in [7, 11) is 1.58. The van der Waals surface area contributed by atoms with Gasteiger partial charge in [0.15, 0.2) is 0 Å². The molecule has 3 atom stereocenters. The summed E-state index contributed by atoms with van der Waals surface area (Å²) in [5.74, 6) is -0.112. The molecule has 4 nitrogen and oxygen atoms in total. The summed E-state index contributed by atoms with van der Waals surface area (Å²) in [4.78, 5) is 14.7. The second kappa shape index (κ2) is 6.14. The normalized spacial score (nSPS) is 23.5. The number of amides is 1. The van der Waals surface area contributed by atoms with Gasteiger partial charge in [-0.05, 0) is 32.0 Å². The minimum absolute atomic E-state index is 0.112. The Balaban J connectivity index is 2.07. The molecule has 0 aliphatic carbocycles. The summed E-state index contributed by atoms with van der Waals surface area (Å²) in [6, 6.07) is 14.7. The maximum atomic E-state index is 13.0. The number of hydrogen-bond acceptors (Lipinski definition) is 3. The Labute approximate surface area is 136 Å². The molecule has 1 heterocycles. The molecule has 0 saturated carbocycles. The SMILES string of the molecule is CO[C@@H]1c2ccccc2N(C(=O)c2ccc(C)cc2)[C@H](C)[C@H]1O. The fourth-order valence-corrected chi connectivity index (χ4v) is 3.15. The van der Waals surface area contributed by atoms with Crippen molar-refractivity contribution >= 4 is 11.6 Å². The van der Waals surface area contributed by atoms with Crippen LogP contribution in [0.2, 0.25) is 0 Å². The first kappa shape index (κ1) is 15.7. The number of carbonyl (C=O) groups excluding carboxylic acids is 1. The molecule has 1 amide bonds. The molecule has 4 heteroatoms. The van der Waals surface area contributed by atoms with Crippen LogP contribution in [0.5, 0.6) is 0 Å². The summed E-state index contributed by atoms with van der Waals surface area (Å²) < 4.78 is 5.46. The number of carbonyl (C=O) groups is 1. The van der Waals surface area contributed by atoms with E-state index in [2.05, 4.69) is 0 Å². The molecule has 1 aliphatic heterocycles. The highest BCUT2D eigenvalue weighted by Gasteiger charge is 2.40. The summed E-state index contributed by atoms with van der Waals surface area (Å²) in [5.41, 5.74) is 3.34. The van der Waals surface area contributed by atoms with Gasteiger partial charge in [-0.25, -0.2) is 0 Å². The Kier molecular flexibility index (Phi) is 4.20. The lowest BCUT2D eigenvalue weighted by Gasteiger charge is -2.42. The highest BCUT2D eigenvalue weighted by molar-refractivity contribution is 6.07. The topological polar surface area (TPSA) is 49.8 Å². The lowest BCUT2D eigenvalue weighted by molar-refractivity contribution is -0.0287. The molecule has 0 bridgehead atoms. The van der Waals surface area contributed by atoms with Crippen LogP contribution < -0.4 is 4.90 Å². The van der Waals surface area contributed by atoms with Gasteiger partial charge in [0.1, 0.15) is 12.2 Å². The van der Waals surface area contributed by atoms with Crippen molar-refractivity contribution in [3.8, 4) is 0 Å². The van der Waals surface area contributed by atoms with Gasteiger partial charge in [0, 0.05) is 18.2 Å². The fourth-order valence-electron chi connectivity index (χ4n) is 3.15. The van der Waals surface area contributed by atoms with Crippen molar-refractivity contribution in [1.29, 1.82) is 0 Å². The minimum Gasteiger partial charge on any atom is -0.388 e. The lowest BCUT2D eigenvalue weighted by atomic mass is 9.90. The van der Waals surface area contributed by atoms with E-state index in [4.69, 9.17) is 4.74 Å². The summed E-state index contributed by atoms with van der Waals surface area (Å²) in [6.07, 6.45) is -1.20. The van der Waals surface area contributed by atoms with E-state index in [0.717, 1.165) is 16.8 Å². The zero-order valence-electron chi connectivity index (χ0n) is 13.6. The molecule has 0 fully saturated rings. The molecule has 1 N–H and O–H groups in total. The van der Waals surface area contributed by atoms with Gasteiger partial charge in [0.05, 0.1) is 11.7 Å². The van der Waals surface area contributed by atoms with E-state index in [0.29, 0.717) is 5.56 Å². The van der Waals surface area contributed by atoms with Gasteiger partial charge in [-0.15, -0.1) is 0 Å². The standard InChI is InChI=1S/C19H21NO3/c1-12-8-10-14(11-9-12)19(22)20-13(2)17(21)18(23-3)15-6-4-5-7-16(15)20/h4-11,13,17-18,21H,1-3H3/t13-,17-,18-/m1/s1. The van der Waals surface area contributed by atoms with Gasteiger partial charge in [-0.3, -0.25) is 4.79 Å². The number of aryl methyl sites for hydroxylation is 1. The smallest absolute Gasteiger partial charge is 0.258 e. The van der Waals surface area contributed by atoms with Crippen molar-refractivity contribution in [2.45, 2.75) is 32.1 Å². The van der Waals surface area contributed by atoms with Gasteiger partial charge in [-0.2, -0.15) is 0 Å². The number of para-hydroxylation sites is 1. The quantitative estimate of drug-likeness (QED) is 0.927. The summed E-state index contributed by atoms with van der Waals surface area (Å²) >= 11 is 0. The molecular formula is C19H21NO3. The van der Waals surface area contributed by atoms with Crippen LogP contribution in [0.4, 0.5) is 5.69 Å². The second-order valence-corrected chi connectivity index (χ2v) is 5.99. The van der Waals surface area contributed by atoms with Crippen LogP contribution in [0, 0.1) is 6.92 Å². The lowest BCUT2D eigenvalue weighted by Crippen LogP contribution is -2.51. The third-order valence-corrected chi connectivity index (χ3v) is 4.49. The van der Waals surface area contributed by atoms with Crippen molar-refractivity contribution in [2.75, 3.05) is 12.0 Å². The number of benzene rings is 2. The van der Waals surface area contributed by atoms with Gasteiger partial charge < -0.3 is 14.7 Å². The van der Waals surface area contributed by atoms with E-state index in [1.54, 1.807) is 12.0 Å². The number of fused-ring (bicyclic) bond motifs is 1. The van der Waals surface area contributed by atoms with E-state index in [9.17, 15) is 9.90 Å². The monoisotopic (exact) mass is 311 g/mol. The van der Waals surface area contributed by atoms with Crippen molar-refractivity contribution in [1.82, 2.24) is 0 Å². The van der Waals surface area contributed by atoms with Crippen LogP contribution in [0.1, 0.15) is 34.5 Å². The molecule has 0 unspecified atom stereocenters. The molecule has 23 heavy (non-hydrogen) atoms. The summed E-state index contributed by atoms with van der Waals surface area (Å²) in [5, 5.41) is 10.6. The number of ether oxygens (including phenoxy) is 1. The first-order chi connectivity index (χ1) is 11.0. The van der Waals surface area contributed by atoms with Crippen LogP contribution in [0.3, 0.4) is 0 Å². The highest BCUT2D eigenvalue weighted by Crippen LogP contribution is 2.39. The van der Waals surface area contributed by atoms with Gasteiger partial charge in [0.25, 0.3) is 5.91 Å². The Bertz CT molecular complexity index is 711. The Hall–Kier alpha value is -2.17. The second-order valence-electron chi connectivity index (χ2n) is 5.99. The third kappa shape index (κ3) is 2.64. The van der Waals surface area contributed by atoms with Gasteiger partial charge in [0.2, 0.25) is 0 Å². The van der Waals surface area contributed by atoms with Crippen molar-refractivity contribution in [3.05, 3.63) is 65.2 Å². The minimum atomic E-state index is -0.774. The van der Waals surface area contributed by atoms with Crippen molar-refractivity contribution < 1.29 is 14.6 Å². The Morgan fingerprint density at radius 2 is 1.78 bits per heavy atom. The number of aliphatic hydroxyl groups is 1. The van der Waals surface area contributed by atoms with Gasteiger partial charge >= 0.3 is 0 Å². The molecular weight excluding hydrogens is 290 g/mol. The van der Waals surface area contributed by atoms with Crippen molar-refractivity contribution in [3.63, 3.8) is 0 Å². The maximum Gasteiger partial charge on any atom is 0.258 e. The predicted molar refractivity (Wildman–Crippen MR) is 89.6 cm³/mol. The molecule has 120 valence electrons. The highest BCUT2D eigenvalue weighted by atomic mass is 16.5. The molecule has 1 aliphatic rings. The molecule has 0 aromatic heterocycles. The molecule has 0 radical (unpaired) electrons. The third-order valence-electron chi connectivity index (χ3n) is 4.49. The predicted octanol–water partition coefficient (Wildman–Crippen LogP) is 3.09. The number of anilines is 1. The number of rotatable bonds is 2. The number of hydrogen-bond donors (Lipinski definition) is 1. The number of methoxy groups -OCH3 is 1. The molecule has 0 spiro atoms. The molecule has 0 saturated heterocycles. The van der Waals surface area contributed by atoms with Crippen LogP contribution in [0.25, 0.3) is 0 Å². The molecule has 2 aromatic rings. The van der Waals surface area contributed by atoms with Crippen LogP contribution >= 0.6 is 0 Å². The van der Waals surface area contributed by atoms with Crippen molar-refractivity contribution in [2.24, 2.45) is 0 Å². The van der Waals surface area contributed by atoms with Gasteiger partial charge in [-0.1, -0.05) is 35.9 Å². The molecule has 3 rings (SSSR count). The zero-order chi connectivity index (χ0) is 16.6. The average Bonchev–Trinajstić information content (AvgIpc) is 2.56. The Morgan fingerprint density at radius 3 is 2.43 bits per heavy atom. The number of aliphatic hydroxyl groups excluding tert-OH is 1. The first-order valence-electron chi connectivity index (χ1n) is 7.74. The van der Waals surface area contributed by atoms with E-state index in [1.165, 1.54) is 0 Å². The first-order valence-corrected chi connectivity index (χ1v) is 7.74. The van der Waals surface area contributed by atoms with Crippen LogP contribution in [-0.4, -0.2) is 30.3 Å². The van der Waals surface area contributed by atoms with E-state index in [-0.39, 0.29) is 11.9 Å². The maximum absolute atomic E-state index is 13.0. The van der Waals surface area contributed by atoms with Crippen LogP contribution in [0.15, 0.2) is 48.5 Å². The average molecular weight is 311 g/mol. The summed E-state index contributed by atoms with van der Waals surface area (Å²) in [6.45, 7) is 3.83. The fraction of sp³-hybridized carbons (Fsp3) is 0.316. The van der Waals surface area contributed by atoms with E-state index in [1.807, 2.05) is 62.4 Å². The van der Waals surface area contributed by atoms with E-state index < -0.39 is 12.2 Å². The van der Waals surface area contributed by atoms with Crippen LogP contribution in [-0.2, 0) is 4.74 Å².